The number of rotatable bonds is 4. The van der Waals surface area contributed by atoms with Crippen LogP contribution in [0.4, 0.5) is 16.5 Å². The standard InChI is InChI=1S/C14H16N4OS/c15-14-17-9-12(20-14)8-16-10-3-5-11(6-4-10)18-7-1-2-13(18)19/h3-6,9,16H,1-2,7-8H2,(H2,15,17). The summed E-state index contributed by atoms with van der Waals surface area (Å²) in [5.41, 5.74) is 7.59. The van der Waals surface area contributed by atoms with Gasteiger partial charge in [-0.3, -0.25) is 4.79 Å². The molecule has 104 valence electrons. The number of carbonyl (C=O) groups is 1. The average Bonchev–Trinajstić information content (AvgIpc) is 3.06. The third-order valence-corrected chi connectivity index (χ3v) is 4.12. The van der Waals surface area contributed by atoms with E-state index in [-0.39, 0.29) is 5.91 Å². The van der Waals surface area contributed by atoms with Crippen molar-refractivity contribution in [1.82, 2.24) is 4.98 Å². The summed E-state index contributed by atoms with van der Waals surface area (Å²) >= 11 is 1.48. The maximum absolute atomic E-state index is 11.7. The highest BCUT2D eigenvalue weighted by Gasteiger charge is 2.21. The zero-order valence-corrected chi connectivity index (χ0v) is 11.8. The quantitative estimate of drug-likeness (QED) is 0.906. The molecule has 0 unspecified atom stereocenters. The molecule has 20 heavy (non-hydrogen) atoms. The Morgan fingerprint density at radius 1 is 1.35 bits per heavy atom. The van der Waals surface area contributed by atoms with Crippen molar-refractivity contribution in [2.45, 2.75) is 19.4 Å². The van der Waals surface area contributed by atoms with E-state index in [9.17, 15) is 4.79 Å². The third kappa shape index (κ3) is 2.75. The number of nitrogens with two attached hydrogens (primary N) is 1. The summed E-state index contributed by atoms with van der Waals surface area (Å²) in [6.07, 6.45) is 3.39. The fourth-order valence-corrected chi connectivity index (χ4v) is 2.90. The largest absolute Gasteiger partial charge is 0.380 e. The van der Waals surface area contributed by atoms with E-state index in [0.29, 0.717) is 18.1 Å². The topological polar surface area (TPSA) is 71.2 Å². The van der Waals surface area contributed by atoms with Gasteiger partial charge < -0.3 is 16.0 Å². The van der Waals surface area contributed by atoms with Crippen LogP contribution in [0.5, 0.6) is 0 Å². The van der Waals surface area contributed by atoms with E-state index in [1.807, 2.05) is 29.2 Å². The molecule has 2 aromatic rings. The van der Waals surface area contributed by atoms with Gasteiger partial charge in [-0.05, 0) is 30.7 Å². The maximum atomic E-state index is 11.7. The van der Waals surface area contributed by atoms with Gasteiger partial charge in [0.25, 0.3) is 0 Å². The molecular formula is C14H16N4OS. The van der Waals surface area contributed by atoms with Crippen LogP contribution in [0.1, 0.15) is 17.7 Å². The predicted molar refractivity (Wildman–Crippen MR) is 81.9 cm³/mol. The summed E-state index contributed by atoms with van der Waals surface area (Å²) in [4.78, 5) is 18.6. The molecule has 1 amide bonds. The van der Waals surface area contributed by atoms with Gasteiger partial charge in [-0.2, -0.15) is 0 Å². The Morgan fingerprint density at radius 2 is 2.15 bits per heavy atom. The van der Waals surface area contributed by atoms with Gasteiger partial charge in [0, 0.05) is 35.4 Å². The number of benzene rings is 1. The van der Waals surface area contributed by atoms with E-state index in [4.69, 9.17) is 5.73 Å². The second-order valence-electron chi connectivity index (χ2n) is 4.71. The van der Waals surface area contributed by atoms with Crippen molar-refractivity contribution in [1.29, 1.82) is 0 Å². The number of thiazole rings is 1. The smallest absolute Gasteiger partial charge is 0.227 e. The molecule has 0 radical (unpaired) electrons. The zero-order chi connectivity index (χ0) is 13.9. The molecule has 0 spiro atoms. The van der Waals surface area contributed by atoms with Crippen molar-refractivity contribution in [3.63, 3.8) is 0 Å². The van der Waals surface area contributed by atoms with Crippen molar-refractivity contribution in [3.05, 3.63) is 35.3 Å². The fourth-order valence-electron chi connectivity index (χ4n) is 2.27. The lowest BCUT2D eigenvalue weighted by molar-refractivity contribution is -0.117. The van der Waals surface area contributed by atoms with Crippen LogP contribution in [-0.2, 0) is 11.3 Å². The second-order valence-corrected chi connectivity index (χ2v) is 5.86. The molecule has 1 aliphatic heterocycles. The molecule has 6 heteroatoms. The first-order chi connectivity index (χ1) is 9.72. The molecule has 5 nitrogen and oxygen atoms in total. The van der Waals surface area contributed by atoms with Crippen LogP contribution in [0, 0.1) is 0 Å². The van der Waals surface area contributed by atoms with Crippen LogP contribution >= 0.6 is 11.3 Å². The number of carbonyl (C=O) groups excluding carboxylic acids is 1. The molecule has 0 bridgehead atoms. The van der Waals surface area contributed by atoms with Gasteiger partial charge in [-0.1, -0.05) is 0 Å². The van der Waals surface area contributed by atoms with Gasteiger partial charge in [0.1, 0.15) is 0 Å². The summed E-state index contributed by atoms with van der Waals surface area (Å²) < 4.78 is 0. The van der Waals surface area contributed by atoms with Crippen LogP contribution in [0.25, 0.3) is 0 Å². The Labute approximate surface area is 121 Å². The summed E-state index contributed by atoms with van der Waals surface area (Å²) in [5.74, 6) is 0.214. The monoisotopic (exact) mass is 288 g/mol. The lowest BCUT2D eigenvalue weighted by atomic mass is 10.2. The highest BCUT2D eigenvalue weighted by molar-refractivity contribution is 7.15. The molecule has 1 aromatic heterocycles. The minimum atomic E-state index is 0.214. The number of hydrogen-bond acceptors (Lipinski definition) is 5. The van der Waals surface area contributed by atoms with Crippen molar-refractivity contribution >= 4 is 33.8 Å². The summed E-state index contributed by atoms with van der Waals surface area (Å²) in [5, 5.41) is 3.90. The van der Waals surface area contributed by atoms with Gasteiger partial charge in [-0.15, -0.1) is 11.3 Å². The first kappa shape index (κ1) is 12.9. The molecule has 1 aromatic carbocycles. The van der Waals surface area contributed by atoms with E-state index < -0.39 is 0 Å². The molecule has 0 saturated carbocycles. The Hall–Kier alpha value is -2.08. The van der Waals surface area contributed by atoms with Crippen LogP contribution in [0.2, 0.25) is 0 Å². The number of amides is 1. The highest BCUT2D eigenvalue weighted by Crippen LogP contribution is 2.23. The lowest BCUT2D eigenvalue weighted by Crippen LogP contribution is -2.23. The summed E-state index contributed by atoms with van der Waals surface area (Å²) in [6.45, 7) is 1.53. The van der Waals surface area contributed by atoms with Gasteiger partial charge in [0.2, 0.25) is 5.91 Å². The molecule has 1 saturated heterocycles. The minimum absolute atomic E-state index is 0.214. The highest BCUT2D eigenvalue weighted by atomic mass is 32.1. The number of nitrogens with one attached hydrogen (secondary N) is 1. The van der Waals surface area contributed by atoms with E-state index in [0.717, 1.165) is 29.2 Å². The third-order valence-electron chi connectivity index (χ3n) is 3.29. The molecule has 3 rings (SSSR count). The number of hydrogen-bond donors (Lipinski definition) is 2. The molecule has 2 heterocycles. The Kier molecular flexibility index (Phi) is 3.56. The Morgan fingerprint density at radius 3 is 2.75 bits per heavy atom. The first-order valence-electron chi connectivity index (χ1n) is 6.57. The average molecular weight is 288 g/mol. The van der Waals surface area contributed by atoms with Crippen LogP contribution in [0.15, 0.2) is 30.5 Å². The van der Waals surface area contributed by atoms with Crippen LogP contribution < -0.4 is 16.0 Å². The number of aromatic nitrogens is 1. The van der Waals surface area contributed by atoms with Crippen LogP contribution in [-0.4, -0.2) is 17.4 Å². The van der Waals surface area contributed by atoms with E-state index in [2.05, 4.69) is 10.3 Å². The molecule has 1 aliphatic rings. The van der Waals surface area contributed by atoms with Crippen molar-refractivity contribution in [2.75, 3.05) is 22.5 Å². The van der Waals surface area contributed by atoms with Gasteiger partial charge in [-0.25, -0.2) is 4.98 Å². The van der Waals surface area contributed by atoms with Crippen molar-refractivity contribution in [2.24, 2.45) is 0 Å². The molecule has 0 atom stereocenters. The summed E-state index contributed by atoms with van der Waals surface area (Å²) in [7, 11) is 0. The number of nitrogen functional groups attached to an aromatic ring is 1. The van der Waals surface area contributed by atoms with E-state index in [1.165, 1.54) is 11.3 Å². The van der Waals surface area contributed by atoms with Crippen molar-refractivity contribution in [3.8, 4) is 0 Å². The zero-order valence-electron chi connectivity index (χ0n) is 11.0. The minimum Gasteiger partial charge on any atom is -0.380 e. The molecular weight excluding hydrogens is 272 g/mol. The van der Waals surface area contributed by atoms with Crippen LogP contribution in [0.3, 0.4) is 0 Å². The van der Waals surface area contributed by atoms with E-state index >= 15 is 0 Å². The Balaban J connectivity index is 1.62. The lowest BCUT2D eigenvalue weighted by Gasteiger charge is -2.16. The van der Waals surface area contributed by atoms with Gasteiger partial charge >= 0.3 is 0 Å². The summed E-state index contributed by atoms with van der Waals surface area (Å²) in [6, 6.07) is 7.94. The normalized spacial score (nSPS) is 14.8. The number of nitrogens with zero attached hydrogens (tertiary/aromatic N) is 2. The molecule has 3 N–H and O–H groups in total. The Bertz CT molecular complexity index is 608. The number of anilines is 3. The van der Waals surface area contributed by atoms with Gasteiger partial charge in [0.15, 0.2) is 5.13 Å². The van der Waals surface area contributed by atoms with Gasteiger partial charge in [0.05, 0.1) is 6.54 Å². The maximum Gasteiger partial charge on any atom is 0.227 e. The second kappa shape index (κ2) is 5.50. The predicted octanol–water partition coefficient (Wildman–Crippen LogP) is 2.46. The molecule has 0 aliphatic carbocycles. The fraction of sp³-hybridized carbons (Fsp3) is 0.286. The molecule has 1 fully saturated rings. The first-order valence-corrected chi connectivity index (χ1v) is 7.38. The van der Waals surface area contributed by atoms with Crippen molar-refractivity contribution < 1.29 is 4.79 Å². The SMILES string of the molecule is Nc1ncc(CNc2ccc(N3CCCC3=O)cc2)s1. The van der Waals surface area contributed by atoms with E-state index in [1.54, 1.807) is 6.20 Å².